The van der Waals surface area contributed by atoms with Gasteiger partial charge in [-0.15, -0.1) is 0 Å². The molecule has 1 aliphatic rings. The molecule has 1 fully saturated rings. The Morgan fingerprint density at radius 2 is 2.25 bits per heavy atom. The van der Waals surface area contributed by atoms with Crippen molar-refractivity contribution in [3.05, 3.63) is 33.9 Å². The van der Waals surface area contributed by atoms with E-state index in [4.69, 9.17) is 16.1 Å². The summed E-state index contributed by atoms with van der Waals surface area (Å²) < 4.78 is 6.90. The summed E-state index contributed by atoms with van der Waals surface area (Å²) in [5, 5.41) is 9.26. The zero-order valence-corrected chi connectivity index (χ0v) is 12.8. The zero-order chi connectivity index (χ0) is 14.3. The Bertz CT molecular complexity index is 619. The Morgan fingerprint density at radius 3 is 2.85 bits per heavy atom. The van der Waals surface area contributed by atoms with Crippen molar-refractivity contribution in [3.63, 3.8) is 0 Å². The average Bonchev–Trinajstić information content (AvgIpc) is 3.05. The van der Waals surface area contributed by atoms with E-state index in [1.807, 2.05) is 27.0 Å². The van der Waals surface area contributed by atoms with E-state index in [0.29, 0.717) is 6.04 Å². The summed E-state index contributed by atoms with van der Waals surface area (Å²) in [5.41, 5.74) is 3.16. The van der Waals surface area contributed by atoms with Crippen LogP contribution in [0.5, 0.6) is 0 Å². The van der Waals surface area contributed by atoms with E-state index in [9.17, 15) is 0 Å². The van der Waals surface area contributed by atoms with Gasteiger partial charge >= 0.3 is 0 Å². The lowest BCUT2D eigenvalue weighted by Gasteiger charge is -2.23. The van der Waals surface area contributed by atoms with Crippen molar-refractivity contribution in [3.8, 4) is 0 Å². The minimum atomic E-state index is 0.327. The highest BCUT2D eigenvalue weighted by atomic mass is 35.5. The number of hydrogen-bond acceptors (Lipinski definition) is 4. The second kappa shape index (κ2) is 5.22. The Labute approximate surface area is 123 Å². The minimum Gasteiger partial charge on any atom is -0.361 e. The third kappa shape index (κ3) is 2.36. The van der Waals surface area contributed by atoms with E-state index in [2.05, 4.69) is 15.2 Å². The first-order valence-electron chi connectivity index (χ1n) is 6.91. The molecule has 20 heavy (non-hydrogen) atoms. The van der Waals surface area contributed by atoms with Gasteiger partial charge in [-0.05, 0) is 33.2 Å². The van der Waals surface area contributed by atoms with Crippen molar-refractivity contribution < 1.29 is 4.52 Å². The molecular weight excluding hydrogens is 276 g/mol. The van der Waals surface area contributed by atoms with Gasteiger partial charge in [0.05, 0.1) is 11.4 Å². The van der Waals surface area contributed by atoms with Gasteiger partial charge < -0.3 is 4.52 Å². The molecule has 0 saturated carbocycles. The molecule has 1 atom stereocenters. The maximum absolute atomic E-state index is 6.41. The Morgan fingerprint density at radius 1 is 1.45 bits per heavy atom. The summed E-state index contributed by atoms with van der Waals surface area (Å²) in [5.74, 6) is 0.853. The number of nitrogens with zero attached hydrogens (tertiary/aromatic N) is 4. The topological polar surface area (TPSA) is 47.1 Å². The molecule has 1 aliphatic heterocycles. The fraction of sp³-hybridized carbons (Fsp3) is 0.571. The van der Waals surface area contributed by atoms with Gasteiger partial charge in [0.1, 0.15) is 10.9 Å². The molecule has 0 radical (unpaired) electrons. The van der Waals surface area contributed by atoms with Gasteiger partial charge in [-0.3, -0.25) is 9.58 Å². The summed E-state index contributed by atoms with van der Waals surface area (Å²) in [7, 11) is 1.89. The molecule has 0 amide bonds. The molecule has 0 N–H and O–H groups in total. The van der Waals surface area contributed by atoms with Gasteiger partial charge in [-0.1, -0.05) is 16.8 Å². The van der Waals surface area contributed by atoms with Crippen molar-refractivity contribution in [1.29, 1.82) is 0 Å². The normalized spacial score (nSPS) is 19.9. The first-order chi connectivity index (χ1) is 9.56. The second-order valence-electron chi connectivity index (χ2n) is 5.47. The van der Waals surface area contributed by atoms with Crippen LogP contribution >= 0.6 is 11.6 Å². The van der Waals surface area contributed by atoms with E-state index in [1.54, 1.807) is 4.68 Å². The molecule has 0 bridgehead atoms. The van der Waals surface area contributed by atoms with Gasteiger partial charge in [-0.2, -0.15) is 5.10 Å². The Kier molecular flexibility index (Phi) is 3.56. The second-order valence-corrected chi connectivity index (χ2v) is 5.83. The molecule has 3 rings (SSSR count). The number of aromatic nitrogens is 3. The van der Waals surface area contributed by atoms with E-state index in [-0.39, 0.29) is 0 Å². The van der Waals surface area contributed by atoms with E-state index in [1.165, 1.54) is 6.42 Å². The summed E-state index contributed by atoms with van der Waals surface area (Å²) in [6, 6.07) is 2.32. The number of likely N-dealkylation sites (tertiary alicyclic amines) is 1. The van der Waals surface area contributed by atoms with Crippen molar-refractivity contribution in [1.82, 2.24) is 19.8 Å². The summed E-state index contributed by atoms with van der Waals surface area (Å²) >= 11 is 6.41. The third-order valence-electron chi connectivity index (χ3n) is 3.93. The molecule has 2 aromatic rings. The summed E-state index contributed by atoms with van der Waals surface area (Å²) in [6.45, 7) is 5.80. The average molecular weight is 295 g/mol. The molecule has 0 aliphatic carbocycles. The highest BCUT2D eigenvalue weighted by Gasteiger charge is 2.31. The van der Waals surface area contributed by atoms with E-state index >= 15 is 0 Å². The molecule has 108 valence electrons. The third-order valence-corrected chi connectivity index (χ3v) is 4.38. The highest BCUT2D eigenvalue weighted by Crippen LogP contribution is 2.38. The van der Waals surface area contributed by atoms with Gasteiger partial charge in [0.2, 0.25) is 0 Å². The Hall–Kier alpha value is -1.33. The largest absolute Gasteiger partial charge is 0.361 e. The van der Waals surface area contributed by atoms with Crippen LogP contribution in [-0.4, -0.2) is 26.4 Å². The predicted molar refractivity (Wildman–Crippen MR) is 76.6 cm³/mol. The number of hydrogen-bond donors (Lipinski definition) is 0. The molecule has 0 spiro atoms. The summed E-state index contributed by atoms with van der Waals surface area (Å²) in [6.07, 6.45) is 2.29. The van der Waals surface area contributed by atoms with Crippen LogP contribution in [0.4, 0.5) is 0 Å². The predicted octanol–water partition coefficient (Wildman–Crippen LogP) is 3.02. The molecule has 3 heterocycles. The summed E-state index contributed by atoms with van der Waals surface area (Å²) in [4.78, 5) is 2.41. The lowest BCUT2D eigenvalue weighted by atomic mass is 10.1. The molecule has 0 aromatic carbocycles. The standard InChI is InChI=1S/C14H19ClN4O/c1-9-7-11(17-20-9)8-19-6-4-5-12(19)13-10(2)16-18(3)14(13)15/h7,12H,4-6,8H2,1-3H3/t12-/m0/s1. The van der Waals surface area contributed by atoms with Crippen LogP contribution in [0.15, 0.2) is 10.6 Å². The molecular formula is C14H19ClN4O. The highest BCUT2D eigenvalue weighted by molar-refractivity contribution is 6.30. The monoisotopic (exact) mass is 294 g/mol. The molecule has 6 heteroatoms. The first-order valence-corrected chi connectivity index (χ1v) is 7.29. The number of rotatable bonds is 3. The van der Waals surface area contributed by atoms with Gasteiger partial charge in [-0.25, -0.2) is 0 Å². The first kappa shape index (κ1) is 13.6. The van der Waals surface area contributed by atoms with Gasteiger partial charge in [0, 0.05) is 31.3 Å². The quantitative estimate of drug-likeness (QED) is 0.873. The smallest absolute Gasteiger partial charge is 0.133 e. The number of aryl methyl sites for hydroxylation is 3. The van der Waals surface area contributed by atoms with Gasteiger partial charge in [0.25, 0.3) is 0 Å². The maximum atomic E-state index is 6.41. The van der Waals surface area contributed by atoms with Crippen LogP contribution in [0.25, 0.3) is 0 Å². The molecule has 5 nitrogen and oxygen atoms in total. The van der Waals surface area contributed by atoms with E-state index < -0.39 is 0 Å². The van der Waals surface area contributed by atoms with Gasteiger partial charge in [0.15, 0.2) is 0 Å². The fourth-order valence-electron chi connectivity index (χ4n) is 3.07. The van der Waals surface area contributed by atoms with Crippen LogP contribution in [0, 0.1) is 13.8 Å². The van der Waals surface area contributed by atoms with Crippen molar-refractivity contribution in [2.45, 2.75) is 39.3 Å². The van der Waals surface area contributed by atoms with Crippen molar-refractivity contribution >= 4 is 11.6 Å². The lowest BCUT2D eigenvalue weighted by molar-refractivity contribution is 0.239. The van der Waals surface area contributed by atoms with Crippen molar-refractivity contribution in [2.75, 3.05) is 6.54 Å². The molecule has 1 saturated heterocycles. The fourth-order valence-corrected chi connectivity index (χ4v) is 3.37. The van der Waals surface area contributed by atoms with Crippen LogP contribution in [0.2, 0.25) is 5.15 Å². The van der Waals surface area contributed by atoms with Crippen LogP contribution in [0.3, 0.4) is 0 Å². The van der Waals surface area contributed by atoms with Crippen LogP contribution in [-0.2, 0) is 13.6 Å². The zero-order valence-electron chi connectivity index (χ0n) is 12.1. The number of halogens is 1. The van der Waals surface area contributed by atoms with Crippen LogP contribution in [0.1, 0.15) is 41.6 Å². The van der Waals surface area contributed by atoms with Crippen molar-refractivity contribution in [2.24, 2.45) is 7.05 Å². The Balaban J connectivity index is 1.85. The van der Waals surface area contributed by atoms with Crippen LogP contribution < -0.4 is 0 Å². The lowest BCUT2D eigenvalue weighted by Crippen LogP contribution is -2.23. The molecule has 0 unspecified atom stereocenters. The van der Waals surface area contributed by atoms with E-state index in [0.717, 1.165) is 47.4 Å². The molecule has 2 aromatic heterocycles. The maximum Gasteiger partial charge on any atom is 0.133 e. The SMILES string of the molecule is Cc1cc(CN2CCC[C@H]2c2c(C)nn(C)c2Cl)no1. The minimum absolute atomic E-state index is 0.327.